The Morgan fingerprint density at radius 3 is 2.72 bits per heavy atom. The second-order valence-corrected chi connectivity index (χ2v) is 5.06. The molecule has 6 heteroatoms. The zero-order chi connectivity index (χ0) is 13.6. The summed E-state index contributed by atoms with van der Waals surface area (Å²) in [6, 6.07) is 0.496. The highest BCUT2D eigenvalue weighted by Gasteiger charge is 2.21. The predicted molar refractivity (Wildman–Crippen MR) is 70.6 cm³/mol. The van der Waals surface area contributed by atoms with Crippen LogP contribution < -0.4 is 10.6 Å². The van der Waals surface area contributed by atoms with E-state index < -0.39 is 0 Å². The van der Waals surface area contributed by atoms with Crippen LogP contribution in [0.1, 0.15) is 46.0 Å². The normalized spacial score (nSPS) is 13.6. The van der Waals surface area contributed by atoms with Gasteiger partial charge in [0.05, 0.1) is 18.2 Å². The third-order valence-corrected chi connectivity index (χ3v) is 2.46. The lowest BCUT2D eigenvalue weighted by atomic mass is 10.1. The quantitative estimate of drug-likeness (QED) is 0.741. The number of ether oxygens (including phenoxy) is 1. The smallest absolute Gasteiger partial charge is 0.316 e. The molecule has 0 spiro atoms. The molecule has 0 saturated carbocycles. The van der Waals surface area contributed by atoms with Crippen LogP contribution in [0.15, 0.2) is 4.42 Å². The van der Waals surface area contributed by atoms with Gasteiger partial charge in [0.25, 0.3) is 0 Å². The molecule has 18 heavy (non-hydrogen) atoms. The van der Waals surface area contributed by atoms with Crippen molar-refractivity contribution in [2.75, 3.05) is 25.6 Å². The molecule has 1 heterocycles. The monoisotopic (exact) mass is 256 g/mol. The Morgan fingerprint density at radius 1 is 1.39 bits per heavy atom. The third kappa shape index (κ3) is 4.62. The number of nitrogens with zero attached hydrogens (tertiary/aromatic N) is 2. The SMILES string of the molecule is CCCNC(C)c1nnc(NC(C)(C)COC)o1. The van der Waals surface area contributed by atoms with Crippen molar-refractivity contribution in [2.45, 2.75) is 45.7 Å². The Balaban J connectivity index is 2.57. The van der Waals surface area contributed by atoms with Crippen LogP contribution in [0, 0.1) is 0 Å². The van der Waals surface area contributed by atoms with Gasteiger partial charge in [-0.3, -0.25) is 0 Å². The highest BCUT2D eigenvalue weighted by atomic mass is 16.5. The minimum absolute atomic E-state index is 0.0681. The van der Waals surface area contributed by atoms with Gasteiger partial charge in [-0.25, -0.2) is 0 Å². The topological polar surface area (TPSA) is 72.2 Å². The highest BCUT2D eigenvalue weighted by Crippen LogP contribution is 2.17. The Bertz CT molecular complexity index is 352. The minimum Gasteiger partial charge on any atom is -0.406 e. The molecule has 1 aromatic heterocycles. The van der Waals surface area contributed by atoms with E-state index >= 15 is 0 Å². The fraction of sp³-hybridized carbons (Fsp3) is 0.833. The molecule has 0 aromatic carbocycles. The average molecular weight is 256 g/mol. The maximum absolute atomic E-state index is 5.57. The summed E-state index contributed by atoms with van der Waals surface area (Å²) >= 11 is 0. The summed E-state index contributed by atoms with van der Waals surface area (Å²) in [7, 11) is 1.67. The lowest BCUT2D eigenvalue weighted by Gasteiger charge is -2.23. The number of hydrogen-bond donors (Lipinski definition) is 2. The summed E-state index contributed by atoms with van der Waals surface area (Å²) in [5.74, 6) is 0.596. The molecule has 0 bridgehead atoms. The molecule has 104 valence electrons. The van der Waals surface area contributed by atoms with Gasteiger partial charge in [-0.05, 0) is 33.7 Å². The molecule has 0 amide bonds. The molecule has 1 unspecified atom stereocenters. The van der Waals surface area contributed by atoms with Crippen molar-refractivity contribution in [1.82, 2.24) is 15.5 Å². The van der Waals surface area contributed by atoms with Gasteiger partial charge in [-0.2, -0.15) is 0 Å². The second-order valence-electron chi connectivity index (χ2n) is 5.06. The first-order valence-electron chi connectivity index (χ1n) is 6.32. The highest BCUT2D eigenvalue weighted by molar-refractivity contribution is 5.23. The molecule has 2 N–H and O–H groups in total. The Kier molecular flexibility index (Phi) is 5.55. The van der Waals surface area contributed by atoms with Gasteiger partial charge in [0.1, 0.15) is 0 Å². The third-order valence-electron chi connectivity index (χ3n) is 2.46. The van der Waals surface area contributed by atoms with Crippen LogP contribution in [0.2, 0.25) is 0 Å². The molecule has 1 aromatic rings. The van der Waals surface area contributed by atoms with E-state index in [1.54, 1.807) is 7.11 Å². The van der Waals surface area contributed by atoms with Crippen molar-refractivity contribution in [3.05, 3.63) is 5.89 Å². The van der Waals surface area contributed by atoms with E-state index in [9.17, 15) is 0 Å². The number of nitrogens with one attached hydrogen (secondary N) is 2. The first-order valence-corrected chi connectivity index (χ1v) is 6.32. The molecule has 1 rings (SSSR count). The van der Waals surface area contributed by atoms with E-state index in [2.05, 4.69) is 27.8 Å². The predicted octanol–water partition coefficient (Wildman–Crippen LogP) is 1.97. The molecule has 6 nitrogen and oxygen atoms in total. The van der Waals surface area contributed by atoms with Crippen LogP contribution in [0.3, 0.4) is 0 Å². The van der Waals surface area contributed by atoms with Gasteiger partial charge in [0.15, 0.2) is 0 Å². The molecular formula is C12H24N4O2. The van der Waals surface area contributed by atoms with Gasteiger partial charge >= 0.3 is 6.01 Å². The zero-order valence-corrected chi connectivity index (χ0v) is 11.9. The van der Waals surface area contributed by atoms with Crippen LogP contribution in [-0.4, -0.2) is 36.0 Å². The zero-order valence-electron chi connectivity index (χ0n) is 11.9. The van der Waals surface area contributed by atoms with Gasteiger partial charge < -0.3 is 19.8 Å². The summed E-state index contributed by atoms with van der Waals surface area (Å²) in [4.78, 5) is 0. The van der Waals surface area contributed by atoms with Crippen LogP contribution >= 0.6 is 0 Å². The average Bonchev–Trinajstić information content (AvgIpc) is 2.73. The van der Waals surface area contributed by atoms with Crippen molar-refractivity contribution in [3.8, 4) is 0 Å². The van der Waals surface area contributed by atoms with Crippen molar-refractivity contribution < 1.29 is 9.15 Å². The summed E-state index contributed by atoms with van der Waals surface area (Å²) in [5, 5.41) is 14.5. The molecule has 1 atom stereocenters. The standard InChI is InChI=1S/C12H24N4O2/c1-6-7-13-9(2)10-15-16-11(18-10)14-12(3,4)8-17-5/h9,13H,6-8H2,1-5H3,(H,14,16). The minimum atomic E-state index is -0.237. The molecule has 0 aliphatic carbocycles. The van der Waals surface area contributed by atoms with Gasteiger partial charge in [0.2, 0.25) is 5.89 Å². The lowest BCUT2D eigenvalue weighted by Crippen LogP contribution is -2.36. The molecule has 0 fully saturated rings. The first kappa shape index (κ1) is 14.9. The Hall–Kier alpha value is -1.14. The fourth-order valence-electron chi connectivity index (χ4n) is 1.59. The Labute approximate surface area is 108 Å². The van der Waals surface area contributed by atoms with E-state index in [0.717, 1.165) is 13.0 Å². The van der Waals surface area contributed by atoms with E-state index in [4.69, 9.17) is 9.15 Å². The van der Waals surface area contributed by atoms with Crippen LogP contribution in [-0.2, 0) is 4.74 Å². The van der Waals surface area contributed by atoms with E-state index in [1.807, 2.05) is 20.8 Å². The molecule has 0 aliphatic rings. The van der Waals surface area contributed by atoms with E-state index in [1.165, 1.54) is 0 Å². The Morgan fingerprint density at radius 2 is 2.11 bits per heavy atom. The van der Waals surface area contributed by atoms with Crippen molar-refractivity contribution in [2.24, 2.45) is 0 Å². The molecular weight excluding hydrogens is 232 g/mol. The summed E-state index contributed by atoms with van der Waals surface area (Å²) < 4.78 is 10.7. The number of aromatic nitrogens is 2. The molecule has 0 saturated heterocycles. The molecule has 0 radical (unpaired) electrons. The largest absolute Gasteiger partial charge is 0.406 e. The molecule has 0 aliphatic heterocycles. The van der Waals surface area contributed by atoms with Crippen molar-refractivity contribution in [3.63, 3.8) is 0 Å². The number of hydrogen-bond acceptors (Lipinski definition) is 6. The summed E-state index contributed by atoms with van der Waals surface area (Å²) in [5.41, 5.74) is -0.237. The number of methoxy groups -OCH3 is 1. The summed E-state index contributed by atoms with van der Waals surface area (Å²) in [6.07, 6.45) is 1.07. The second kappa shape index (κ2) is 6.70. The van der Waals surface area contributed by atoms with Crippen molar-refractivity contribution in [1.29, 1.82) is 0 Å². The first-order chi connectivity index (χ1) is 8.48. The fourth-order valence-corrected chi connectivity index (χ4v) is 1.59. The maximum Gasteiger partial charge on any atom is 0.316 e. The van der Waals surface area contributed by atoms with Crippen LogP contribution in [0.5, 0.6) is 0 Å². The lowest BCUT2D eigenvalue weighted by molar-refractivity contribution is 0.156. The number of anilines is 1. The number of rotatable bonds is 8. The van der Waals surface area contributed by atoms with Crippen LogP contribution in [0.4, 0.5) is 6.01 Å². The van der Waals surface area contributed by atoms with E-state index in [-0.39, 0.29) is 11.6 Å². The van der Waals surface area contributed by atoms with Gasteiger partial charge in [0, 0.05) is 7.11 Å². The van der Waals surface area contributed by atoms with E-state index in [0.29, 0.717) is 18.5 Å². The van der Waals surface area contributed by atoms with Crippen LogP contribution in [0.25, 0.3) is 0 Å². The summed E-state index contributed by atoms with van der Waals surface area (Å²) in [6.45, 7) is 9.65. The maximum atomic E-state index is 5.57. The van der Waals surface area contributed by atoms with Crippen molar-refractivity contribution >= 4 is 6.01 Å². The van der Waals surface area contributed by atoms with Gasteiger partial charge in [-0.15, -0.1) is 5.10 Å². The van der Waals surface area contributed by atoms with Gasteiger partial charge in [-0.1, -0.05) is 12.0 Å².